The third kappa shape index (κ3) is 2.62. The molecule has 2 aliphatic carbocycles. The van der Waals surface area contributed by atoms with Crippen LogP contribution in [0.4, 0.5) is 5.69 Å². The number of ketones is 1. The summed E-state index contributed by atoms with van der Waals surface area (Å²) in [6, 6.07) is 3.47. The highest BCUT2D eigenvalue weighted by Gasteiger charge is 2.65. The molecule has 2 N–H and O–H groups in total. The number of nitrogens with zero attached hydrogens (tertiary/aromatic N) is 1. The van der Waals surface area contributed by atoms with Crippen molar-refractivity contribution in [3.63, 3.8) is 0 Å². The third-order valence-electron chi connectivity index (χ3n) is 8.71. The number of carbonyl (C=O) groups is 1. The van der Waals surface area contributed by atoms with E-state index in [1.807, 2.05) is 0 Å². The van der Waals surface area contributed by atoms with Gasteiger partial charge in [0.15, 0.2) is 11.6 Å². The first-order valence-electron chi connectivity index (χ1n) is 11.0. The fourth-order valence-corrected chi connectivity index (χ4v) is 6.41. The maximum absolute atomic E-state index is 12.9. The van der Waals surface area contributed by atoms with Gasteiger partial charge in [0.2, 0.25) is 0 Å². The van der Waals surface area contributed by atoms with E-state index in [2.05, 4.69) is 44.4 Å². The molecule has 5 nitrogen and oxygen atoms in total. The van der Waals surface area contributed by atoms with Gasteiger partial charge in [-0.2, -0.15) is 0 Å². The molecule has 1 aromatic heterocycles. The van der Waals surface area contributed by atoms with E-state index in [-0.39, 0.29) is 17.2 Å². The number of rotatable bonds is 3. The monoisotopic (exact) mass is 408 g/mol. The number of ether oxygens (including phenoxy) is 1. The van der Waals surface area contributed by atoms with Crippen LogP contribution in [0.1, 0.15) is 66.7 Å². The van der Waals surface area contributed by atoms with Crippen molar-refractivity contribution in [2.75, 3.05) is 0 Å². The molecule has 0 saturated heterocycles. The minimum atomic E-state index is -0.503. The summed E-state index contributed by atoms with van der Waals surface area (Å²) in [5.41, 5.74) is -0.621. The smallest absolute Gasteiger partial charge is 0.195 e. The number of Topliss-reactive ketones (excluding diaryl/α,β-unsaturated/α-hetero) is 1. The highest BCUT2D eigenvalue weighted by molar-refractivity contribution is 5.95. The summed E-state index contributed by atoms with van der Waals surface area (Å²) in [6.07, 6.45) is 5.94. The number of hydrogen-bond acceptors (Lipinski definition) is 3. The van der Waals surface area contributed by atoms with E-state index in [1.54, 1.807) is 18.3 Å². The van der Waals surface area contributed by atoms with Crippen LogP contribution in [0, 0.1) is 29.2 Å². The average Bonchev–Trinajstić information content (AvgIpc) is 3.09. The molecular weight excluding hydrogens is 376 g/mol. The molecule has 2 saturated carbocycles. The van der Waals surface area contributed by atoms with E-state index in [0.717, 1.165) is 24.6 Å². The minimum Gasteiger partial charge on any atom is -0.494 e. The SMILES string of the molecule is [C-]#[N+]c1cc(OC23CCC(=O)C(C)(C)C2CCC(C)C3(C)CC)c2c[nH]c(O)c2c1. The van der Waals surface area contributed by atoms with Crippen LogP contribution in [0.3, 0.4) is 0 Å². The lowest BCUT2D eigenvalue weighted by Crippen LogP contribution is -2.67. The van der Waals surface area contributed by atoms with Gasteiger partial charge in [0.05, 0.1) is 6.57 Å². The van der Waals surface area contributed by atoms with E-state index in [0.29, 0.717) is 41.4 Å². The van der Waals surface area contributed by atoms with Crippen molar-refractivity contribution in [3.8, 4) is 11.6 Å². The Morgan fingerprint density at radius 1 is 1.27 bits per heavy atom. The van der Waals surface area contributed by atoms with Gasteiger partial charge in [-0.25, -0.2) is 4.85 Å². The molecule has 1 heterocycles. The van der Waals surface area contributed by atoms with E-state index < -0.39 is 11.0 Å². The van der Waals surface area contributed by atoms with Crippen molar-refractivity contribution in [1.29, 1.82) is 0 Å². The van der Waals surface area contributed by atoms with Crippen LogP contribution in [0.25, 0.3) is 15.6 Å². The Morgan fingerprint density at radius 2 is 2.00 bits per heavy atom. The van der Waals surface area contributed by atoms with Crippen molar-refractivity contribution in [2.45, 2.75) is 72.3 Å². The zero-order valence-electron chi connectivity index (χ0n) is 18.6. The lowest BCUT2D eigenvalue weighted by atomic mass is 9.45. The fraction of sp³-hybridized carbons (Fsp3) is 0.600. The third-order valence-corrected chi connectivity index (χ3v) is 8.71. The number of aromatic amines is 1. The Labute approximate surface area is 178 Å². The zero-order chi connectivity index (χ0) is 21.9. The van der Waals surface area contributed by atoms with Gasteiger partial charge in [-0.15, -0.1) is 0 Å². The Kier molecular flexibility index (Phi) is 4.69. The molecule has 2 aliphatic rings. The first-order chi connectivity index (χ1) is 14.1. The summed E-state index contributed by atoms with van der Waals surface area (Å²) in [7, 11) is 0. The maximum atomic E-state index is 12.9. The molecule has 0 radical (unpaired) electrons. The van der Waals surface area contributed by atoms with Gasteiger partial charge in [-0.05, 0) is 43.7 Å². The van der Waals surface area contributed by atoms with Crippen LogP contribution in [0.15, 0.2) is 18.3 Å². The summed E-state index contributed by atoms with van der Waals surface area (Å²) in [5.74, 6) is 1.55. The Morgan fingerprint density at radius 3 is 2.67 bits per heavy atom. The van der Waals surface area contributed by atoms with E-state index in [9.17, 15) is 9.90 Å². The second-order valence-corrected chi connectivity index (χ2v) is 10.1. The number of fused-ring (bicyclic) bond motifs is 2. The van der Waals surface area contributed by atoms with Gasteiger partial charge in [0.25, 0.3) is 0 Å². The first-order valence-corrected chi connectivity index (χ1v) is 11.0. The predicted octanol–water partition coefficient (Wildman–Crippen LogP) is 6.39. The summed E-state index contributed by atoms with van der Waals surface area (Å²) in [6.45, 7) is 18.5. The quantitative estimate of drug-likeness (QED) is 0.578. The van der Waals surface area contributed by atoms with Crippen molar-refractivity contribution in [2.24, 2.45) is 22.7 Å². The highest BCUT2D eigenvalue weighted by atomic mass is 16.5. The minimum absolute atomic E-state index is 0.0452. The van der Waals surface area contributed by atoms with Gasteiger partial charge < -0.3 is 14.8 Å². The summed E-state index contributed by atoms with van der Waals surface area (Å²) >= 11 is 0. The Hall–Kier alpha value is -2.48. The lowest BCUT2D eigenvalue weighted by molar-refractivity contribution is -0.202. The van der Waals surface area contributed by atoms with Crippen LogP contribution in [0.2, 0.25) is 0 Å². The highest BCUT2D eigenvalue weighted by Crippen LogP contribution is 2.63. The molecule has 4 rings (SSSR count). The van der Waals surface area contributed by atoms with Gasteiger partial charge >= 0.3 is 0 Å². The fourth-order valence-electron chi connectivity index (χ4n) is 6.41. The number of nitrogens with one attached hydrogen (secondary N) is 1. The zero-order valence-corrected chi connectivity index (χ0v) is 18.6. The molecule has 4 unspecified atom stereocenters. The molecule has 0 amide bonds. The van der Waals surface area contributed by atoms with Crippen molar-refractivity contribution >= 4 is 22.2 Å². The molecule has 4 atom stereocenters. The largest absolute Gasteiger partial charge is 0.494 e. The van der Waals surface area contributed by atoms with Crippen LogP contribution in [0.5, 0.6) is 11.6 Å². The normalized spacial score (nSPS) is 33.1. The number of benzene rings is 1. The van der Waals surface area contributed by atoms with Crippen molar-refractivity contribution < 1.29 is 14.6 Å². The summed E-state index contributed by atoms with van der Waals surface area (Å²) < 4.78 is 7.05. The molecule has 0 spiro atoms. The van der Waals surface area contributed by atoms with Crippen LogP contribution >= 0.6 is 0 Å². The van der Waals surface area contributed by atoms with Crippen LogP contribution in [-0.2, 0) is 4.79 Å². The van der Waals surface area contributed by atoms with Crippen LogP contribution in [-0.4, -0.2) is 21.5 Å². The average molecular weight is 409 g/mol. The maximum Gasteiger partial charge on any atom is 0.195 e. The Bertz CT molecular complexity index is 1050. The molecule has 160 valence electrons. The first kappa shape index (κ1) is 20.8. The predicted molar refractivity (Wildman–Crippen MR) is 118 cm³/mol. The molecule has 0 aliphatic heterocycles. The second-order valence-electron chi connectivity index (χ2n) is 10.1. The summed E-state index contributed by atoms with van der Waals surface area (Å²) in [5, 5.41) is 11.6. The standard InChI is InChI=1S/C25H32N2O3/c1-7-24(5)15(2)8-9-20-23(3,4)21(28)10-11-25(20,24)30-19-13-16(26-6)12-17-18(19)14-27-22(17)29/h12-15,20,27,29H,7-11H2,1-5H3. The topological polar surface area (TPSA) is 66.7 Å². The number of aromatic nitrogens is 1. The number of carbonyl (C=O) groups excluding carboxylic acids is 1. The number of aromatic hydroxyl groups is 1. The second kappa shape index (κ2) is 6.77. The lowest BCUT2D eigenvalue weighted by Gasteiger charge is -2.63. The van der Waals surface area contributed by atoms with Crippen molar-refractivity contribution in [1.82, 2.24) is 4.98 Å². The van der Waals surface area contributed by atoms with E-state index in [4.69, 9.17) is 11.3 Å². The molecule has 0 bridgehead atoms. The van der Waals surface area contributed by atoms with Gasteiger partial charge in [0.1, 0.15) is 17.1 Å². The molecule has 2 aromatic rings. The van der Waals surface area contributed by atoms with E-state index in [1.165, 1.54) is 0 Å². The molecule has 30 heavy (non-hydrogen) atoms. The van der Waals surface area contributed by atoms with E-state index >= 15 is 0 Å². The Balaban J connectivity index is 1.94. The molecule has 2 fully saturated rings. The molecule has 5 heteroatoms. The summed E-state index contributed by atoms with van der Waals surface area (Å²) in [4.78, 5) is 19.4. The van der Waals surface area contributed by atoms with Crippen molar-refractivity contribution in [3.05, 3.63) is 29.7 Å². The van der Waals surface area contributed by atoms with Crippen LogP contribution < -0.4 is 4.74 Å². The number of H-pyrrole nitrogens is 1. The number of hydrogen-bond donors (Lipinski definition) is 2. The van der Waals surface area contributed by atoms with Gasteiger partial charge in [-0.1, -0.05) is 34.6 Å². The van der Waals surface area contributed by atoms with Gasteiger partial charge in [0, 0.05) is 40.1 Å². The van der Waals surface area contributed by atoms with Gasteiger partial charge in [-0.3, -0.25) is 4.79 Å². The molecular formula is C25H32N2O3. The molecule has 1 aromatic carbocycles.